The number of carbonyl (C=O) groups excluding carboxylic acids is 2. The molecule has 114 valence electrons. The summed E-state index contributed by atoms with van der Waals surface area (Å²) in [6.07, 6.45) is 4.33. The smallest absolute Gasteiger partial charge is 0.313 e. The van der Waals surface area contributed by atoms with E-state index in [0.29, 0.717) is 12.2 Å². The Bertz CT molecular complexity index is 479. The van der Waals surface area contributed by atoms with E-state index in [9.17, 15) is 9.59 Å². The average molecular weight is 289 g/mol. The minimum Gasteiger partial charge on any atom is -0.372 e. The topological polar surface area (TPSA) is 61.4 Å². The van der Waals surface area contributed by atoms with E-state index in [-0.39, 0.29) is 0 Å². The maximum absolute atomic E-state index is 11.7. The Morgan fingerprint density at radius 1 is 1.10 bits per heavy atom. The molecule has 1 aromatic carbocycles. The summed E-state index contributed by atoms with van der Waals surface area (Å²) in [7, 11) is 0. The van der Waals surface area contributed by atoms with Crippen molar-refractivity contribution in [3.05, 3.63) is 24.3 Å². The van der Waals surface area contributed by atoms with E-state index >= 15 is 0 Å². The summed E-state index contributed by atoms with van der Waals surface area (Å²) in [5, 5.41) is 5.22. The lowest BCUT2D eigenvalue weighted by atomic mass is 10.2. The summed E-state index contributed by atoms with van der Waals surface area (Å²) in [5.74, 6) is -1.19. The van der Waals surface area contributed by atoms with Crippen LogP contribution < -0.4 is 15.5 Å². The summed E-state index contributed by atoms with van der Waals surface area (Å²) in [6, 6.07) is 7.64. The second kappa shape index (κ2) is 7.67. The van der Waals surface area contributed by atoms with Crippen LogP contribution in [0.4, 0.5) is 11.4 Å². The summed E-state index contributed by atoms with van der Waals surface area (Å²) in [5.41, 5.74) is 1.81. The maximum atomic E-state index is 11.7. The Morgan fingerprint density at radius 3 is 2.38 bits per heavy atom. The number of unbranched alkanes of at least 4 members (excludes halogenated alkanes) is 1. The van der Waals surface area contributed by atoms with Crippen LogP contribution in [0.3, 0.4) is 0 Å². The summed E-state index contributed by atoms with van der Waals surface area (Å²) < 4.78 is 0. The molecule has 0 bridgehead atoms. The van der Waals surface area contributed by atoms with Crippen LogP contribution in [0.25, 0.3) is 0 Å². The highest BCUT2D eigenvalue weighted by atomic mass is 16.2. The molecule has 0 atom stereocenters. The average Bonchev–Trinajstić information content (AvgIpc) is 3.02. The molecule has 0 aromatic heterocycles. The van der Waals surface area contributed by atoms with Crippen molar-refractivity contribution in [1.82, 2.24) is 5.32 Å². The highest BCUT2D eigenvalue weighted by Gasteiger charge is 2.14. The van der Waals surface area contributed by atoms with Crippen molar-refractivity contribution < 1.29 is 9.59 Å². The lowest BCUT2D eigenvalue weighted by molar-refractivity contribution is -0.136. The van der Waals surface area contributed by atoms with Gasteiger partial charge in [0.15, 0.2) is 0 Å². The van der Waals surface area contributed by atoms with Crippen LogP contribution in [0.5, 0.6) is 0 Å². The fourth-order valence-corrected chi connectivity index (χ4v) is 2.38. The van der Waals surface area contributed by atoms with E-state index in [1.807, 2.05) is 31.2 Å². The zero-order valence-corrected chi connectivity index (χ0v) is 12.5. The quantitative estimate of drug-likeness (QED) is 0.645. The highest BCUT2D eigenvalue weighted by molar-refractivity contribution is 6.39. The second-order valence-electron chi connectivity index (χ2n) is 5.30. The Morgan fingerprint density at radius 2 is 1.76 bits per heavy atom. The van der Waals surface area contributed by atoms with E-state index in [1.165, 1.54) is 12.8 Å². The maximum Gasteiger partial charge on any atom is 0.313 e. The predicted molar refractivity (Wildman–Crippen MR) is 84.4 cm³/mol. The molecule has 1 heterocycles. The van der Waals surface area contributed by atoms with E-state index in [1.54, 1.807) is 0 Å². The lowest BCUT2D eigenvalue weighted by Gasteiger charge is -2.17. The highest BCUT2D eigenvalue weighted by Crippen LogP contribution is 2.21. The molecule has 0 saturated carbocycles. The molecule has 1 aliphatic heterocycles. The predicted octanol–water partition coefficient (Wildman–Crippen LogP) is 2.14. The molecule has 2 amide bonds. The zero-order valence-electron chi connectivity index (χ0n) is 12.5. The van der Waals surface area contributed by atoms with Gasteiger partial charge in [0.1, 0.15) is 0 Å². The van der Waals surface area contributed by atoms with Gasteiger partial charge in [-0.05, 0) is 43.5 Å². The summed E-state index contributed by atoms with van der Waals surface area (Å²) >= 11 is 0. The van der Waals surface area contributed by atoms with Crippen LogP contribution in [-0.2, 0) is 9.59 Å². The van der Waals surface area contributed by atoms with Crippen molar-refractivity contribution >= 4 is 23.2 Å². The van der Waals surface area contributed by atoms with Crippen LogP contribution in [0.15, 0.2) is 24.3 Å². The van der Waals surface area contributed by atoms with Crippen molar-refractivity contribution in [1.29, 1.82) is 0 Å². The molecule has 21 heavy (non-hydrogen) atoms. The number of nitrogens with one attached hydrogen (secondary N) is 2. The van der Waals surface area contributed by atoms with Gasteiger partial charge < -0.3 is 15.5 Å². The number of amides is 2. The number of nitrogens with zero attached hydrogens (tertiary/aromatic N) is 1. The van der Waals surface area contributed by atoms with E-state index in [2.05, 4.69) is 15.5 Å². The van der Waals surface area contributed by atoms with Gasteiger partial charge in [0, 0.05) is 31.0 Å². The Hall–Kier alpha value is -2.04. The zero-order chi connectivity index (χ0) is 15.1. The molecule has 0 aliphatic carbocycles. The molecule has 5 nitrogen and oxygen atoms in total. The molecule has 5 heteroatoms. The normalized spacial score (nSPS) is 14.0. The van der Waals surface area contributed by atoms with Gasteiger partial charge >= 0.3 is 11.8 Å². The third-order valence-corrected chi connectivity index (χ3v) is 3.62. The number of hydrogen-bond acceptors (Lipinski definition) is 3. The van der Waals surface area contributed by atoms with Crippen molar-refractivity contribution in [3.8, 4) is 0 Å². The van der Waals surface area contributed by atoms with Crippen molar-refractivity contribution in [3.63, 3.8) is 0 Å². The standard InChI is InChI=1S/C16H23N3O2/c1-2-3-10-17-15(20)16(21)18-13-6-8-14(9-7-13)19-11-4-5-12-19/h6-9H,2-5,10-12H2,1H3,(H,17,20)(H,18,21). The lowest BCUT2D eigenvalue weighted by Crippen LogP contribution is -2.35. The SMILES string of the molecule is CCCCNC(=O)C(=O)Nc1ccc(N2CCCC2)cc1. The van der Waals surface area contributed by atoms with Gasteiger partial charge in [0.05, 0.1) is 0 Å². The van der Waals surface area contributed by atoms with Gasteiger partial charge in [-0.3, -0.25) is 9.59 Å². The second-order valence-corrected chi connectivity index (χ2v) is 5.30. The van der Waals surface area contributed by atoms with Gasteiger partial charge in [-0.15, -0.1) is 0 Å². The Kier molecular flexibility index (Phi) is 5.60. The molecule has 0 unspecified atom stereocenters. The minimum atomic E-state index is -0.611. The number of anilines is 2. The molecule has 1 aliphatic rings. The first kappa shape index (κ1) is 15.4. The number of carbonyl (C=O) groups is 2. The summed E-state index contributed by atoms with van der Waals surface area (Å²) in [4.78, 5) is 25.6. The van der Waals surface area contributed by atoms with Crippen LogP contribution in [0, 0.1) is 0 Å². The Labute approximate surface area is 125 Å². The minimum absolute atomic E-state index is 0.538. The van der Waals surface area contributed by atoms with Crippen molar-refractivity contribution in [2.24, 2.45) is 0 Å². The third-order valence-electron chi connectivity index (χ3n) is 3.62. The van der Waals surface area contributed by atoms with Crippen LogP contribution in [0.2, 0.25) is 0 Å². The number of benzene rings is 1. The molecule has 1 fully saturated rings. The van der Waals surface area contributed by atoms with Crippen LogP contribution >= 0.6 is 0 Å². The fourth-order valence-electron chi connectivity index (χ4n) is 2.38. The van der Waals surface area contributed by atoms with E-state index in [0.717, 1.165) is 31.6 Å². The monoisotopic (exact) mass is 289 g/mol. The van der Waals surface area contributed by atoms with Gasteiger partial charge in [-0.1, -0.05) is 13.3 Å². The number of rotatable bonds is 5. The molecule has 2 rings (SSSR count). The molecule has 2 N–H and O–H groups in total. The molecular weight excluding hydrogens is 266 g/mol. The number of hydrogen-bond donors (Lipinski definition) is 2. The van der Waals surface area contributed by atoms with Crippen molar-refractivity contribution in [2.75, 3.05) is 29.9 Å². The molecular formula is C16H23N3O2. The molecule has 1 aromatic rings. The van der Waals surface area contributed by atoms with E-state index < -0.39 is 11.8 Å². The van der Waals surface area contributed by atoms with E-state index in [4.69, 9.17) is 0 Å². The third kappa shape index (κ3) is 4.48. The first-order valence-electron chi connectivity index (χ1n) is 7.65. The van der Waals surface area contributed by atoms with Crippen molar-refractivity contribution in [2.45, 2.75) is 32.6 Å². The van der Waals surface area contributed by atoms with Gasteiger partial charge in [0.25, 0.3) is 0 Å². The first-order valence-corrected chi connectivity index (χ1v) is 7.65. The van der Waals surface area contributed by atoms with Crippen LogP contribution in [0.1, 0.15) is 32.6 Å². The summed E-state index contributed by atoms with van der Waals surface area (Å²) in [6.45, 7) is 4.75. The fraction of sp³-hybridized carbons (Fsp3) is 0.500. The van der Waals surface area contributed by atoms with Crippen LogP contribution in [-0.4, -0.2) is 31.4 Å². The molecule has 0 radical (unpaired) electrons. The first-order chi connectivity index (χ1) is 10.2. The van der Waals surface area contributed by atoms with Gasteiger partial charge in [-0.25, -0.2) is 0 Å². The largest absolute Gasteiger partial charge is 0.372 e. The van der Waals surface area contributed by atoms with Gasteiger partial charge in [-0.2, -0.15) is 0 Å². The van der Waals surface area contributed by atoms with Gasteiger partial charge in [0.2, 0.25) is 0 Å². The Balaban J connectivity index is 1.84. The molecule has 1 saturated heterocycles. The molecule has 0 spiro atoms.